The van der Waals surface area contributed by atoms with Gasteiger partial charge in [-0.25, -0.2) is 18.4 Å². The van der Waals surface area contributed by atoms with Gasteiger partial charge in [0.25, 0.3) is 5.91 Å². The summed E-state index contributed by atoms with van der Waals surface area (Å²) in [5, 5.41) is 3.06. The molecule has 1 aromatic carbocycles. The highest BCUT2D eigenvalue weighted by Crippen LogP contribution is 2.22. The van der Waals surface area contributed by atoms with Crippen molar-refractivity contribution in [3.63, 3.8) is 0 Å². The Morgan fingerprint density at radius 3 is 2.31 bits per heavy atom. The number of aryl methyl sites for hydroxylation is 2. The van der Waals surface area contributed by atoms with E-state index in [0.717, 1.165) is 42.4 Å². The molecule has 2 heterocycles. The molecule has 1 fully saturated rings. The van der Waals surface area contributed by atoms with Crippen LogP contribution < -0.4 is 5.32 Å². The van der Waals surface area contributed by atoms with Gasteiger partial charge in [0.2, 0.25) is 10.0 Å². The van der Waals surface area contributed by atoms with Crippen LogP contribution in [0.3, 0.4) is 0 Å². The van der Waals surface area contributed by atoms with Crippen LogP contribution in [0.15, 0.2) is 40.4 Å². The minimum absolute atomic E-state index is 0.0147. The third-order valence-electron chi connectivity index (χ3n) is 4.74. The molecular formula is C21H26N4O5S2. The molecule has 2 aromatic rings. The van der Waals surface area contributed by atoms with Gasteiger partial charge in [-0.15, -0.1) is 0 Å². The molecule has 9 nitrogen and oxygen atoms in total. The first-order chi connectivity index (χ1) is 15.2. The molecule has 0 aliphatic carbocycles. The van der Waals surface area contributed by atoms with Crippen molar-refractivity contribution in [1.29, 1.82) is 0 Å². The van der Waals surface area contributed by atoms with E-state index in [0.29, 0.717) is 23.9 Å². The average molecular weight is 479 g/mol. The molecule has 1 saturated heterocycles. The maximum atomic E-state index is 12.7. The SMILES string of the molecule is Cc1cc(C)nc(SCC(=O)OCC(=O)Nc2ccc(S(=O)(=O)N3CCCCC3)cc2)n1. The summed E-state index contributed by atoms with van der Waals surface area (Å²) in [6, 6.07) is 7.80. The first-order valence-electron chi connectivity index (χ1n) is 10.2. The van der Waals surface area contributed by atoms with Gasteiger partial charge in [-0.3, -0.25) is 9.59 Å². The van der Waals surface area contributed by atoms with Crippen LogP contribution in [0.4, 0.5) is 5.69 Å². The molecular weight excluding hydrogens is 452 g/mol. The number of hydrogen-bond donors (Lipinski definition) is 1. The number of benzene rings is 1. The lowest BCUT2D eigenvalue weighted by Gasteiger charge is -2.25. The molecule has 0 radical (unpaired) electrons. The molecule has 0 saturated carbocycles. The Bertz CT molecular complexity index is 1050. The van der Waals surface area contributed by atoms with E-state index in [4.69, 9.17) is 4.74 Å². The highest BCUT2D eigenvalue weighted by molar-refractivity contribution is 7.99. The molecule has 1 N–H and O–H groups in total. The standard InChI is InChI=1S/C21H26N4O5S2/c1-15-12-16(2)23-21(22-15)31-14-20(27)30-13-19(26)24-17-6-8-18(9-7-17)32(28,29)25-10-4-3-5-11-25/h6-9,12H,3-5,10-11,13-14H2,1-2H3,(H,24,26). The number of rotatable bonds is 8. The van der Waals surface area contributed by atoms with Crippen LogP contribution in [0.5, 0.6) is 0 Å². The van der Waals surface area contributed by atoms with Gasteiger partial charge in [-0.05, 0) is 57.0 Å². The highest BCUT2D eigenvalue weighted by Gasteiger charge is 2.25. The molecule has 1 aliphatic rings. The zero-order valence-corrected chi connectivity index (χ0v) is 19.7. The fourth-order valence-corrected chi connectivity index (χ4v) is 5.50. The summed E-state index contributed by atoms with van der Waals surface area (Å²) in [5.74, 6) is -1.09. The molecule has 0 spiro atoms. The first-order valence-corrected chi connectivity index (χ1v) is 12.7. The van der Waals surface area contributed by atoms with E-state index >= 15 is 0 Å². The predicted octanol–water partition coefficient (Wildman–Crippen LogP) is 2.54. The number of piperidine rings is 1. The molecule has 0 atom stereocenters. The summed E-state index contributed by atoms with van der Waals surface area (Å²) in [4.78, 5) is 32.6. The van der Waals surface area contributed by atoms with Crippen molar-refractivity contribution in [2.45, 2.75) is 43.2 Å². The number of esters is 1. The molecule has 11 heteroatoms. The van der Waals surface area contributed by atoms with Crippen LogP contribution >= 0.6 is 11.8 Å². The van der Waals surface area contributed by atoms with Gasteiger partial charge in [-0.2, -0.15) is 4.31 Å². The third kappa shape index (κ3) is 6.75. The van der Waals surface area contributed by atoms with Crippen LogP contribution in [0.2, 0.25) is 0 Å². The smallest absolute Gasteiger partial charge is 0.316 e. The Labute approximate surface area is 192 Å². The van der Waals surface area contributed by atoms with Crippen molar-refractivity contribution in [3.8, 4) is 0 Å². The lowest BCUT2D eigenvalue weighted by atomic mass is 10.2. The van der Waals surface area contributed by atoms with E-state index in [9.17, 15) is 18.0 Å². The minimum atomic E-state index is -3.52. The largest absolute Gasteiger partial charge is 0.455 e. The van der Waals surface area contributed by atoms with E-state index < -0.39 is 28.5 Å². The van der Waals surface area contributed by atoms with Crippen LogP contribution in [0.25, 0.3) is 0 Å². The maximum Gasteiger partial charge on any atom is 0.316 e. The van der Waals surface area contributed by atoms with E-state index in [1.54, 1.807) is 0 Å². The number of carbonyl (C=O) groups excluding carboxylic acids is 2. The summed E-state index contributed by atoms with van der Waals surface area (Å²) in [6.45, 7) is 4.30. The minimum Gasteiger partial charge on any atom is -0.455 e. The summed E-state index contributed by atoms with van der Waals surface area (Å²) in [7, 11) is -3.52. The maximum absolute atomic E-state index is 12.7. The van der Waals surface area contributed by atoms with Crippen molar-refractivity contribution < 1.29 is 22.7 Å². The van der Waals surface area contributed by atoms with Gasteiger partial charge in [0.05, 0.1) is 10.6 Å². The van der Waals surface area contributed by atoms with Gasteiger partial charge < -0.3 is 10.1 Å². The Kier molecular flexibility index (Phi) is 8.21. The van der Waals surface area contributed by atoms with Crippen LogP contribution in [0, 0.1) is 13.8 Å². The highest BCUT2D eigenvalue weighted by atomic mass is 32.2. The first kappa shape index (κ1) is 24.1. The lowest BCUT2D eigenvalue weighted by molar-refractivity contribution is -0.144. The Morgan fingerprint density at radius 1 is 1.06 bits per heavy atom. The number of sulfonamides is 1. The fraction of sp³-hybridized carbons (Fsp3) is 0.429. The van der Waals surface area contributed by atoms with E-state index in [1.807, 2.05) is 19.9 Å². The average Bonchev–Trinajstić information content (AvgIpc) is 2.76. The number of aromatic nitrogens is 2. The van der Waals surface area contributed by atoms with Crippen molar-refractivity contribution in [2.24, 2.45) is 0 Å². The molecule has 1 aromatic heterocycles. The van der Waals surface area contributed by atoms with Gasteiger partial charge in [0.15, 0.2) is 11.8 Å². The monoisotopic (exact) mass is 478 g/mol. The third-order valence-corrected chi connectivity index (χ3v) is 7.47. The summed E-state index contributed by atoms with van der Waals surface area (Å²) >= 11 is 1.14. The second-order valence-corrected chi connectivity index (χ2v) is 10.3. The zero-order chi connectivity index (χ0) is 23.1. The Balaban J connectivity index is 1.45. The molecule has 1 amide bonds. The van der Waals surface area contributed by atoms with Crippen LogP contribution in [0.1, 0.15) is 30.7 Å². The summed E-state index contributed by atoms with van der Waals surface area (Å²) in [5.41, 5.74) is 2.03. The molecule has 3 rings (SSSR count). The van der Waals surface area contributed by atoms with Crippen LogP contribution in [-0.2, 0) is 24.3 Å². The van der Waals surface area contributed by atoms with E-state index in [2.05, 4.69) is 15.3 Å². The summed E-state index contributed by atoms with van der Waals surface area (Å²) in [6.07, 6.45) is 2.77. The van der Waals surface area contributed by atoms with E-state index in [1.165, 1.54) is 28.6 Å². The number of amides is 1. The van der Waals surface area contributed by atoms with Crippen LogP contribution in [-0.4, -0.2) is 60.0 Å². The van der Waals surface area contributed by atoms with Gasteiger partial charge in [0, 0.05) is 30.2 Å². The molecule has 172 valence electrons. The van der Waals surface area contributed by atoms with Crippen molar-refractivity contribution in [2.75, 3.05) is 30.8 Å². The van der Waals surface area contributed by atoms with Gasteiger partial charge in [0.1, 0.15) is 0 Å². The zero-order valence-electron chi connectivity index (χ0n) is 18.0. The van der Waals surface area contributed by atoms with E-state index in [-0.39, 0.29) is 10.6 Å². The molecule has 0 unspecified atom stereocenters. The summed E-state index contributed by atoms with van der Waals surface area (Å²) < 4.78 is 31.8. The second-order valence-electron chi connectivity index (χ2n) is 7.42. The van der Waals surface area contributed by atoms with Gasteiger partial charge >= 0.3 is 5.97 Å². The Hall–Kier alpha value is -2.50. The van der Waals surface area contributed by atoms with Gasteiger partial charge in [-0.1, -0.05) is 18.2 Å². The molecule has 32 heavy (non-hydrogen) atoms. The molecule has 0 bridgehead atoms. The predicted molar refractivity (Wildman–Crippen MR) is 121 cm³/mol. The number of ether oxygens (including phenoxy) is 1. The molecule has 1 aliphatic heterocycles. The number of hydrogen-bond acceptors (Lipinski definition) is 8. The number of anilines is 1. The Morgan fingerprint density at radius 2 is 1.69 bits per heavy atom. The fourth-order valence-electron chi connectivity index (χ4n) is 3.23. The number of nitrogens with zero attached hydrogens (tertiary/aromatic N) is 3. The topological polar surface area (TPSA) is 119 Å². The number of carbonyl (C=O) groups is 2. The number of thioether (sulfide) groups is 1. The quantitative estimate of drug-likeness (QED) is 0.349. The van der Waals surface area contributed by atoms with Crippen molar-refractivity contribution >= 4 is 39.3 Å². The van der Waals surface area contributed by atoms with Crippen molar-refractivity contribution in [3.05, 3.63) is 41.7 Å². The normalized spacial score (nSPS) is 14.7. The lowest BCUT2D eigenvalue weighted by Crippen LogP contribution is -2.35. The van der Waals surface area contributed by atoms with Crippen molar-refractivity contribution in [1.82, 2.24) is 14.3 Å². The number of nitrogens with one attached hydrogen (secondary N) is 1. The second kappa shape index (κ2) is 10.9.